The summed E-state index contributed by atoms with van der Waals surface area (Å²) >= 11 is 0. The number of likely N-dealkylation sites (tertiary alicyclic amines) is 1. The molecule has 0 aromatic heterocycles. The quantitative estimate of drug-likeness (QED) is 0.739. The second kappa shape index (κ2) is 11.3. The van der Waals surface area contributed by atoms with Crippen LogP contribution in [0.5, 0.6) is 0 Å². The van der Waals surface area contributed by atoms with Crippen LogP contribution in [0.1, 0.15) is 44.6 Å². The molecule has 1 aliphatic rings. The maximum atomic E-state index is 12.4. The summed E-state index contributed by atoms with van der Waals surface area (Å²) in [5, 5.41) is 11.9. The summed E-state index contributed by atoms with van der Waals surface area (Å²) in [5.41, 5.74) is 2.05. The van der Waals surface area contributed by atoms with E-state index in [4.69, 9.17) is 5.11 Å². The molecule has 1 unspecified atom stereocenters. The van der Waals surface area contributed by atoms with Crippen LogP contribution in [0, 0.1) is 0 Å². The number of anilines is 1. The summed E-state index contributed by atoms with van der Waals surface area (Å²) < 4.78 is 0. The largest absolute Gasteiger partial charge is 0.480 e. The molecule has 1 saturated heterocycles. The van der Waals surface area contributed by atoms with Crippen molar-refractivity contribution >= 4 is 30.0 Å². The minimum absolute atomic E-state index is 0. The number of halogens is 1. The van der Waals surface area contributed by atoms with Crippen molar-refractivity contribution in [2.24, 2.45) is 0 Å². The third-order valence-corrected chi connectivity index (χ3v) is 5.00. The Morgan fingerprint density at radius 1 is 1.30 bits per heavy atom. The molecule has 1 heterocycles. The van der Waals surface area contributed by atoms with E-state index in [2.05, 4.69) is 30.1 Å². The lowest BCUT2D eigenvalue weighted by molar-refractivity contribution is -0.138. The van der Waals surface area contributed by atoms with E-state index in [1.165, 1.54) is 5.56 Å². The number of carbonyl (C=O) groups is 2. The summed E-state index contributed by atoms with van der Waals surface area (Å²) in [6.07, 6.45) is 2.84. The predicted molar refractivity (Wildman–Crippen MR) is 111 cm³/mol. The number of hydrogen-bond donors (Lipinski definition) is 2. The summed E-state index contributed by atoms with van der Waals surface area (Å²) in [6.45, 7) is 6.40. The fourth-order valence-corrected chi connectivity index (χ4v) is 3.46. The molecule has 1 aliphatic heterocycles. The van der Waals surface area contributed by atoms with E-state index in [9.17, 15) is 9.59 Å². The van der Waals surface area contributed by atoms with Crippen LogP contribution < -0.4 is 5.32 Å². The Bertz CT molecular complexity index is 624. The Labute approximate surface area is 168 Å². The Balaban J connectivity index is 0.00000364. The van der Waals surface area contributed by atoms with Crippen LogP contribution in [0.3, 0.4) is 0 Å². The lowest BCUT2D eigenvalue weighted by Crippen LogP contribution is -2.37. The van der Waals surface area contributed by atoms with Crippen LogP contribution in [0.2, 0.25) is 0 Å². The highest BCUT2D eigenvalue weighted by Gasteiger charge is 2.22. The van der Waals surface area contributed by atoms with Gasteiger partial charge in [0.05, 0.1) is 13.1 Å². The third-order valence-electron chi connectivity index (χ3n) is 5.00. The zero-order valence-electron chi connectivity index (χ0n) is 16.5. The first-order valence-corrected chi connectivity index (χ1v) is 9.39. The van der Waals surface area contributed by atoms with Crippen LogP contribution >= 0.6 is 12.4 Å². The summed E-state index contributed by atoms with van der Waals surface area (Å²) in [6, 6.07) is 8.26. The zero-order chi connectivity index (χ0) is 19.1. The van der Waals surface area contributed by atoms with Gasteiger partial charge in [0.15, 0.2) is 0 Å². The number of carboxylic acid groups (broad SMARTS) is 1. The number of nitrogens with zero attached hydrogens (tertiary/aromatic N) is 2. The minimum Gasteiger partial charge on any atom is -0.480 e. The molecule has 0 aliphatic carbocycles. The molecule has 0 saturated carbocycles. The number of likely N-dealkylation sites (N-methyl/N-ethyl adjacent to an activating group) is 1. The van der Waals surface area contributed by atoms with Crippen LogP contribution in [0.4, 0.5) is 5.69 Å². The van der Waals surface area contributed by atoms with E-state index in [-0.39, 0.29) is 30.9 Å². The van der Waals surface area contributed by atoms with Crippen molar-refractivity contribution in [2.45, 2.75) is 45.1 Å². The smallest absolute Gasteiger partial charge is 0.317 e. The van der Waals surface area contributed by atoms with Gasteiger partial charge < -0.3 is 10.4 Å². The van der Waals surface area contributed by atoms with Crippen molar-refractivity contribution in [1.29, 1.82) is 0 Å². The fourth-order valence-electron chi connectivity index (χ4n) is 3.46. The number of hydrogen-bond acceptors (Lipinski definition) is 4. The van der Waals surface area contributed by atoms with Gasteiger partial charge in [-0.2, -0.15) is 0 Å². The fraction of sp³-hybridized carbons (Fsp3) is 0.600. The highest BCUT2D eigenvalue weighted by Crippen LogP contribution is 2.19. The Morgan fingerprint density at radius 3 is 2.70 bits per heavy atom. The molecule has 0 bridgehead atoms. The van der Waals surface area contributed by atoms with Crippen molar-refractivity contribution in [1.82, 2.24) is 9.80 Å². The molecule has 0 spiro atoms. The van der Waals surface area contributed by atoms with Gasteiger partial charge in [0, 0.05) is 18.3 Å². The first kappa shape index (κ1) is 23.4. The van der Waals surface area contributed by atoms with Crippen LogP contribution in [-0.2, 0) is 9.59 Å². The van der Waals surface area contributed by atoms with Gasteiger partial charge in [-0.3, -0.25) is 19.4 Å². The molecular weight excluding hydrogens is 366 g/mol. The molecule has 1 atom stereocenters. The summed E-state index contributed by atoms with van der Waals surface area (Å²) in [4.78, 5) is 27.3. The highest BCUT2D eigenvalue weighted by atomic mass is 35.5. The number of amides is 1. The number of carboxylic acids is 1. The average Bonchev–Trinajstić information content (AvgIpc) is 2.80. The highest BCUT2D eigenvalue weighted by molar-refractivity contribution is 5.92. The molecule has 1 amide bonds. The first-order valence-electron chi connectivity index (χ1n) is 9.39. The molecule has 0 radical (unpaired) electrons. The summed E-state index contributed by atoms with van der Waals surface area (Å²) in [7, 11) is 1.86. The minimum atomic E-state index is -0.795. The maximum absolute atomic E-state index is 12.4. The Kier molecular flexibility index (Phi) is 9.77. The molecule has 2 rings (SSSR count). The second-order valence-corrected chi connectivity index (χ2v) is 7.50. The van der Waals surface area contributed by atoms with Gasteiger partial charge in [-0.1, -0.05) is 26.0 Å². The third kappa shape index (κ3) is 7.87. The van der Waals surface area contributed by atoms with E-state index in [1.54, 1.807) is 0 Å². The summed E-state index contributed by atoms with van der Waals surface area (Å²) in [5.74, 6) is -0.364. The molecule has 1 aromatic carbocycles. The molecular formula is C20H32ClN3O3. The van der Waals surface area contributed by atoms with E-state index in [1.807, 2.05) is 30.1 Å². The Morgan fingerprint density at radius 2 is 2.04 bits per heavy atom. The van der Waals surface area contributed by atoms with Crippen molar-refractivity contribution < 1.29 is 14.7 Å². The molecule has 1 aromatic rings. The molecule has 27 heavy (non-hydrogen) atoms. The average molecular weight is 398 g/mol. The molecule has 152 valence electrons. The van der Waals surface area contributed by atoms with Gasteiger partial charge in [0.1, 0.15) is 0 Å². The van der Waals surface area contributed by atoms with E-state index < -0.39 is 5.97 Å². The van der Waals surface area contributed by atoms with Crippen molar-refractivity contribution in [3.8, 4) is 0 Å². The Hall–Kier alpha value is -1.63. The number of nitrogens with one attached hydrogen (secondary N) is 1. The topological polar surface area (TPSA) is 72.9 Å². The van der Waals surface area contributed by atoms with Crippen LogP contribution in [0.25, 0.3) is 0 Å². The van der Waals surface area contributed by atoms with Gasteiger partial charge in [-0.05, 0) is 56.5 Å². The molecule has 2 N–H and O–H groups in total. The van der Waals surface area contributed by atoms with Crippen molar-refractivity contribution in [2.75, 3.05) is 38.5 Å². The van der Waals surface area contributed by atoms with Crippen LogP contribution in [0.15, 0.2) is 24.3 Å². The number of aliphatic carboxylic acids is 1. The predicted octanol–water partition coefficient (Wildman–Crippen LogP) is 3.04. The van der Waals surface area contributed by atoms with E-state index in [0.717, 1.165) is 38.0 Å². The van der Waals surface area contributed by atoms with Gasteiger partial charge in [-0.25, -0.2) is 0 Å². The number of rotatable bonds is 7. The molecule has 6 nitrogen and oxygen atoms in total. The zero-order valence-corrected chi connectivity index (χ0v) is 17.3. The van der Waals surface area contributed by atoms with Crippen LogP contribution in [-0.4, -0.2) is 66.1 Å². The lowest BCUT2D eigenvalue weighted by Gasteiger charge is -2.25. The normalized spacial score (nSPS) is 18.0. The molecule has 7 heteroatoms. The van der Waals surface area contributed by atoms with Gasteiger partial charge in [-0.15, -0.1) is 12.4 Å². The van der Waals surface area contributed by atoms with E-state index >= 15 is 0 Å². The lowest BCUT2D eigenvalue weighted by atomic mass is 10.0. The molecule has 1 fully saturated rings. The van der Waals surface area contributed by atoms with Gasteiger partial charge in [0.25, 0.3) is 0 Å². The standard InChI is InChI=1S/C20H31N3O3.ClH/c1-15(2)16-6-4-7-17(12-16)21-19(24)13-23-10-5-8-18(9-11-23)22(3)14-20(25)26;/h4,6-7,12,15,18H,5,8-11,13-14H2,1-3H3,(H,21,24)(H,25,26);1H. The monoisotopic (exact) mass is 397 g/mol. The van der Waals surface area contributed by atoms with E-state index in [0.29, 0.717) is 12.5 Å². The van der Waals surface area contributed by atoms with Crippen molar-refractivity contribution in [3.63, 3.8) is 0 Å². The van der Waals surface area contributed by atoms with Gasteiger partial charge >= 0.3 is 5.97 Å². The maximum Gasteiger partial charge on any atom is 0.317 e. The van der Waals surface area contributed by atoms with Gasteiger partial charge in [0.2, 0.25) is 5.91 Å². The second-order valence-electron chi connectivity index (χ2n) is 7.50. The number of carbonyl (C=O) groups excluding carboxylic acids is 1. The number of benzene rings is 1. The SMILES string of the molecule is CC(C)c1cccc(NC(=O)CN2CCCC(N(C)CC(=O)O)CC2)c1.Cl. The van der Waals surface area contributed by atoms with Crippen molar-refractivity contribution in [3.05, 3.63) is 29.8 Å². The first-order chi connectivity index (χ1) is 12.3.